The highest BCUT2D eigenvalue weighted by Crippen LogP contribution is 2.11. The molecule has 0 aromatic carbocycles. The van der Waals surface area contributed by atoms with E-state index in [4.69, 9.17) is 25.8 Å². The fourth-order valence-electron chi connectivity index (χ4n) is 1.24. The maximum atomic E-state index is 5.44. The molecular formula is C9H17ClO3. The van der Waals surface area contributed by atoms with Crippen LogP contribution in [-0.2, 0) is 14.2 Å². The first-order valence-corrected chi connectivity index (χ1v) is 5.26. The number of hydrogen-bond donors (Lipinski definition) is 0. The molecule has 0 aromatic heterocycles. The highest BCUT2D eigenvalue weighted by Gasteiger charge is 2.14. The van der Waals surface area contributed by atoms with E-state index in [2.05, 4.69) is 0 Å². The molecule has 1 atom stereocenters. The van der Waals surface area contributed by atoms with Crippen molar-refractivity contribution in [3.05, 3.63) is 0 Å². The Kier molecular flexibility index (Phi) is 6.54. The van der Waals surface area contributed by atoms with Crippen molar-refractivity contribution in [2.45, 2.75) is 6.42 Å². The molecule has 0 amide bonds. The molecule has 1 saturated heterocycles. The minimum Gasteiger partial charge on any atom is -0.381 e. The number of alkyl halides is 1. The van der Waals surface area contributed by atoms with Gasteiger partial charge in [0, 0.05) is 18.4 Å². The lowest BCUT2D eigenvalue weighted by atomic mass is 10.1. The van der Waals surface area contributed by atoms with Crippen LogP contribution in [0.3, 0.4) is 0 Å². The minimum absolute atomic E-state index is 0.552. The van der Waals surface area contributed by atoms with Crippen LogP contribution in [0, 0.1) is 5.92 Å². The summed E-state index contributed by atoms with van der Waals surface area (Å²) in [6.45, 7) is 4.44. The van der Waals surface area contributed by atoms with Crippen LogP contribution in [0.25, 0.3) is 0 Å². The second-order valence-corrected chi connectivity index (χ2v) is 3.48. The molecule has 0 aliphatic carbocycles. The molecule has 0 aromatic rings. The van der Waals surface area contributed by atoms with Gasteiger partial charge in [-0.1, -0.05) is 0 Å². The summed E-state index contributed by atoms with van der Waals surface area (Å²) in [5, 5.41) is 0. The maximum Gasteiger partial charge on any atom is 0.0701 e. The summed E-state index contributed by atoms with van der Waals surface area (Å²) < 4.78 is 15.8. The minimum atomic E-state index is 0.552. The van der Waals surface area contributed by atoms with Gasteiger partial charge in [-0.05, 0) is 6.42 Å². The Bertz CT molecular complexity index is 115. The predicted molar refractivity (Wildman–Crippen MR) is 51.3 cm³/mol. The molecule has 0 spiro atoms. The highest BCUT2D eigenvalue weighted by atomic mass is 35.5. The van der Waals surface area contributed by atoms with Gasteiger partial charge in [0.25, 0.3) is 0 Å². The van der Waals surface area contributed by atoms with Gasteiger partial charge in [0.05, 0.1) is 33.0 Å². The van der Waals surface area contributed by atoms with Crippen molar-refractivity contribution in [2.24, 2.45) is 5.92 Å². The SMILES string of the molecule is ClCCOCCOCC1CCOC1. The Morgan fingerprint density at radius 3 is 2.77 bits per heavy atom. The Morgan fingerprint density at radius 2 is 2.08 bits per heavy atom. The molecule has 1 unspecified atom stereocenters. The quantitative estimate of drug-likeness (QED) is 0.466. The van der Waals surface area contributed by atoms with Crippen LogP contribution >= 0.6 is 11.6 Å². The zero-order valence-electron chi connectivity index (χ0n) is 7.84. The molecule has 0 radical (unpaired) electrons. The molecule has 1 rings (SSSR count). The topological polar surface area (TPSA) is 27.7 Å². The van der Waals surface area contributed by atoms with Gasteiger partial charge in [-0.2, -0.15) is 0 Å². The number of hydrogen-bond acceptors (Lipinski definition) is 3. The van der Waals surface area contributed by atoms with E-state index < -0.39 is 0 Å². The molecule has 1 aliphatic heterocycles. The Morgan fingerprint density at radius 1 is 1.23 bits per heavy atom. The molecule has 0 N–H and O–H groups in total. The van der Waals surface area contributed by atoms with E-state index >= 15 is 0 Å². The van der Waals surface area contributed by atoms with Crippen molar-refractivity contribution in [1.29, 1.82) is 0 Å². The summed E-state index contributed by atoms with van der Waals surface area (Å²) in [4.78, 5) is 0. The van der Waals surface area contributed by atoms with Crippen LogP contribution < -0.4 is 0 Å². The lowest BCUT2D eigenvalue weighted by Gasteiger charge is -2.08. The van der Waals surface area contributed by atoms with E-state index in [1.807, 2.05) is 0 Å². The summed E-state index contributed by atoms with van der Waals surface area (Å²) in [5.74, 6) is 1.14. The summed E-state index contributed by atoms with van der Waals surface area (Å²) in [6, 6.07) is 0. The third kappa shape index (κ3) is 5.47. The summed E-state index contributed by atoms with van der Waals surface area (Å²) in [7, 11) is 0. The third-order valence-corrected chi connectivity index (χ3v) is 2.13. The van der Waals surface area contributed by atoms with E-state index in [-0.39, 0.29) is 0 Å². The molecule has 0 saturated carbocycles. The van der Waals surface area contributed by atoms with Crippen molar-refractivity contribution in [1.82, 2.24) is 0 Å². The summed E-state index contributed by atoms with van der Waals surface area (Å²) in [5.41, 5.74) is 0. The average molecular weight is 209 g/mol. The van der Waals surface area contributed by atoms with Crippen LogP contribution in [0.4, 0.5) is 0 Å². The van der Waals surface area contributed by atoms with Crippen LogP contribution in [0.1, 0.15) is 6.42 Å². The number of rotatable bonds is 7. The molecular weight excluding hydrogens is 192 g/mol. The molecule has 78 valence electrons. The molecule has 13 heavy (non-hydrogen) atoms. The zero-order chi connectivity index (χ0) is 9.36. The fourth-order valence-corrected chi connectivity index (χ4v) is 1.35. The molecule has 1 heterocycles. The number of halogens is 1. The van der Waals surface area contributed by atoms with Crippen LogP contribution in [0.5, 0.6) is 0 Å². The van der Waals surface area contributed by atoms with Gasteiger partial charge >= 0.3 is 0 Å². The van der Waals surface area contributed by atoms with E-state index in [9.17, 15) is 0 Å². The second kappa shape index (κ2) is 7.56. The Labute approximate surface area is 84.3 Å². The van der Waals surface area contributed by atoms with Gasteiger partial charge in [0.2, 0.25) is 0 Å². The molecule has 1 fully saturated rings. The van der Waals surface area contributed by atoms with E-state index in [1.165, 1.54) is 0 Å². The zero-order valence-corrected chi connectivity index (χ0v) is 8.59. The van der Waals surface area contributed by atoms with Crippen molar-refractivity contribution in [3.63, 3.8) is 0 Å². The predicted octanol–water partition coefficient (Wildman–Crippen LogP) is 1.29. The van der Waals surface area contributed by atoms with Crippen molar-refractivity contribution in [3.8, 4) is 0 Å². The van der Waals surface area contributed by atoms with Gasteiger partial charge in [-0.25, -0.2) is 0 Å². The first-order chi connectivity index (χ1) is 6.43. The van der Waals surface area contributed by atoms with Gasteiger partial charge in [0.1, 0.15) is 0 Å². The molecule has 3 nitrogen and oxygen atoms in total. The lowest BCUT2D eigenvalue weighted by molar-refractivity contribution is 0.0357. The Balaban J connectivity index is 1.78. The number of ether oxygens (including phenoxy) is 3. The van der Waals surface area contributed by atoms with Crippen LogP contribution in [0.2, 0.25) is 0 Å². The van der Waals surface area contributed by atoms with Gasteiger partial charge in [-0.3, -0.25) is 0 Å². The second-order valence-electron chi connectivity index (χ2n) is 3.11. The maximum absolute atomic E-state index is 5.44. The third-order valence-electron chi connectivity index (χ3n) is 1.97. The summed E-state index contributed by atoms with van der Waals surface area (Å²) in [6.07, 6.45) is 1.13. The normalized spacial score (nSPS) is 22.4. The van der Waals surface area contributed by atoms with Crippen LogP contribution in [-0.4, -0.2) is 45.5 Å². The first-order valence-electron chi connectivity index (χ1n) is 4.72. The van der Waals surface area contributed by atoms with E-state index in [0.29, 0.717) is 31.6 Å². The fraction of sp³-hybridized carbons (Fsp3) is 1.00. The largest absolute Gasteiger partial charge is 0.381 e. The summed E-state index contributed by atoms with van der Waals surface area (Å²) >= 11 is 5.44. The Hall–Kier alpha value is 0.170. The van der Waals surface area contributed by atoms with E-state index in [0.717, 1.165) is 26.2 Å². The smallest absolute Gasteiger partial charge is 0.0701 e. The van der Waals surface area contributed by atoms with Crippen molar-refractivity contribution < 1.29 is 14.2 Å². The average Bonchev–Trinajstić information content (AvgIpc) is 2.63. The highest BCUT2D eigenvalue weighted by molar-refractivity contribution is 6.17. The molecule has 4 heteroatoms. The van der Waals surface area contributed by atoms with Gasteiger partial charge in [0.15, 0.2) is 0 Å². The van der Waals surface area contributed by atoms with Gasteiger partial charge in [-0.15, -0.1) is 11.6 Å². The van der Waals surface area contributed by atoms with Crippen molar-refractivity contribution >= 4 is 11.6 Å². The van der Waals surface area contributed by atoms with Gasteiger partial charge < -0.3 is 14.2 Å². The molecule has 1 aliphatic rings. The standard InChI is InChI=1S/C9H17ClO3/c10-2-4-11-5-6-13-8-9-1-3-12-7-9/h9H,1-8H2. The lowest BCUT2D eigenvalue weighted by Crippen LogP contribution is -2.13. The monoisotopic (exact) mass is 208 g/mol. The van der Waals surface area contributed by atoms with E-state index in [1.54, 1.807) is 0 Å². The first kappa shape index (κ1) is 11.2. The van der Waals surface area contributed by atoms with Crippen molar-refractivity contribution in [2.75, 3.05) is 45.5 Å². The molecule has 0 bridgehead atoms. The van der Waals surface area contributed by atoms with Crippen LogP contribution in [0.15, 0.2) is 0 Å².